The third-order valence-electron chi connectivity index (χ3n) is 9.37. The van der Waals surface area contributed by atoms with Gasteiger partial charge in [-0.25, -0.2) is 0 Å². The fourth-order valence-electron chi connectivity index (χ4n) is 6.29. The van der Waals surface area contributed by atoms with E-state index in [1.807, 2.05) is 24.3 Å². The number of ether oxygens (including phenoxy) is 3. The summed E-state index contributed by atoms with van der Waals surface area (Å²) in [6.45, 7) is 7.58. The molecule has 0 spiro atoms. The number of carboxylic acids is 1. The Morgan fingerprint density at radius 1 is 1.02 bits per heavy atom. The van der Waals surface area contributed by atoms with Crippen molar-refractivity contribution in [3.05, 3.63) is 105 Å². The van der Waals surface area contributed by atoms with Crippen molar-refractivity contribution in [2.75, 3.05) is 26.2 Å². The minimum Gasteiger partial charge on any atom is -0.493 e. The number of carbonyl (C=O) groups is 1. The van der Waals surface area contributed by atoms with E-state index in [1.165, 1.54) is 6.20 Å². The van der Waals surface area contributed by atoms with E-state index in [0.717, 1.165) is 66.0 Å². The second kappa shape index (κ2) is 18.2. The number of aliphatic hydroxyl groups is 2. The Balaban J connectivity index is 1.30. The molecule has 52 heavy (non-hydrogen) atoms. The van der Waals surface area contributed by atoms with Crippen molar-refractivity contribution in [3.63, 3.8) is 0 Å². The topological polar surface area (TPSA) is 171 Å². The molecule has 4 aromatic rings. The number of β-amino-alcohol motifs (C(OH)–C–C–N with tert-alkyl or cyclic N) is 1. The number of aliphatic carboxylic acids is 1. The molecule has 0 bridgehead atoms. The summed E-state index contributed by atoms with van der Waals surface area (Å²) >= 11 is 6.72. The summed E-state index contributed by atoms with van der Waals surface area (Å²) in [6, 6.07) is 17.8. The maximum Gasteiger partial charge on any atom is 0.323 e. The second-order valence-electron chi connectivity index (χ2n) is 13.1. The quantitative estimate of drug-likeness (QED) is 0.1000. The van der Waals surface area contributed by atoms with E-state index in [9.17, 15) is 25.4 Å². The molecule has 274 valence electrons. The van der Waals surface area contributed by atoms with Crippen LogP contribution in [0.25, 0.3) is 11.1 Å². The van der Waals surface area contributed by atoms with Gasteiger partial charge in [0.25, 0.3) is 0 Å². The number of aryl methyl sites for hydroxylation is 1. The van der Waals surface area contributed by atoms with Gasteiger partial charge in [-0.15, -0.1) is 0 Å². The molecule has 0 aliphatic carbocycles. The third-order valence-corrected chi connectivity index (χ3v) is 9.66. The number of pyridine rings is 1. The molecular formula is C40H45ClN4O7. The number of likely N-dealkylation sites (tertiary alicyclic amines) is 1. The first-order valence-corrected chi connectivity index (χ1v) is 17.7. The summed E-state index contributed by atoms with van der Waals surface area (Å²) in [5.74, 6) is 0.352. The molecule has 2 heterocycles. The number of hydrogen-bond acceptors (Lipinski definition) is 10. The summed E-state index contributed by atoms with van der Waals surface area (Å²) in [7, 11) is 0. The minimum absolute atomic E-state index is 0.0626. The normalized spacial score (nSPS) is 15.5. The van der Waals surface area contributed by atoms with Crippen molar-refractivity contribution in [2.24, 2.45) is 5.73 Å². The summed E-state index contributed by atoms with van der Waals surface area (Å²) in [5, 5.41) is 38.9. The first kappa shape index (κ1) is 38.5. The number of aromatic nitrogens is 1. The van der Waals surface area contributed by atoms with Gasteiger partial charge in [0.05, 0.1) is 29.4 Å². The Morgan fingerprint density at radius 3 is 2.50 bits per heavy atom. The second-order valence-corrected chi connectivity index (χ2v) is 13.5. The highest BCUT2D eigenvalue weighted by molar-refractivity contribution is 6.32. The number of nitriles is 1. The molecule has 5 N–H and O–H groups in total. The lowest BCUT2D eigenvalue weighted by Gasteiger charge is -2.19. The zero-order chi connectivity index (χ0) is 37.2. The molecule has 3 atom stereocenters. The van der Waals surface area contributed by atoms with Gasteiger partial charge in [0.1, 0.15) is 42.6 Å². The van der Waals surface area contributed by atoms with Gasteiger partial charge >= 0.3 is 5.97 Å². The van der Waals surface area contributed by atoms with E-state index in [1.54, 1.807) is 24.4 Å². The highest BCUT2D eigenvalue weighted by atomic mass is 35.5. The lowest BCUT2D eigenvalue weighted by atomic mass is 9.93. The molecule has 0 amide bonds. The summed E-state index contributed by atoms with van der Waals surface area (Å²) < 4.78 is 18.6. The number of hydrogen-bond donors (Lipinski definition) is 4. The predicted octanol–water partition coefficient (Wildman–Crippen LogP) is 5.59. The van der Waals surface area contributed by atoms with E-state index in [2.05, 4.69) is 41.9 Å². The molecule has 1 aliphatic rings. The molecule has 0 saturated carbocycles. The summed E-state index contributed by atoms with van der Waals surface area (Å²) in [4.78, 5) is 17.6. The van der Waals surface area contributed by atoms with Crippen LogP contribution in [0.4, 0.5) is 0 Å². The number of rotatable bonds is 17. The predicted molar refractivity (Wildman–Crippen MR) is 198 cm³/mol. The van der Waals surface area contributed by atoms with Crippen molar-refractivity contribution in [1.29, 1.82) is 5.26 Å². The number of halogens is 1. The van der Waals surface area contributed by atoms with Gasteiger partial charge in [0.2, 0.25) is 0 Å². The Hall–Kier alpha value is -4.70. The fourth-order valence-corrected chi connectivity index (χ4v) is 6.53. The SMILES string of the molecule is Cc1c(COc2cc(OCc3cncc(C#N)c3)c(CC[C@@H](O)[C@H](N)C(=O)O)cc2Cl)cccc1-c1cccc(OCCCN2CCC(O)C2)c1C. The molecule has 5 rings (SSSR count). The Labute approximate surface area is 309 Å². The van der Waals surface area contributed by atoms with Gasteiger partial charge in [-0.2, -0.15) is 5.26 Å². The fraction of sp³-hybridized carbons (Fsp3) is 0.375. The van der Waals surface area contributed by atoms with E-state index in [-0.39, 0.29) is 32.2 Å². The standard InChI is InChI=1S/C40H45ClN4O7/c1-25-30(6-3-7-32(25)33-8-4-9-36(26(33)2)50-15-5-13-45-14-12-31(46)22-45)24-52-38-18-37(51-23-28-16-27(19-42)20-44-21-28)29(17-34(38)41)10-11-35(47)39(43)40(48)49/h3-4,6-9,16-18,20-21,31,35,39,46-47H,5,10-15,22-24,43H2,1-2H3,(H,48,49)/t31?,35-,39+/m1/s1. The number of aliphatic hydroxyl groups excluding tert-OH is 2. The highest BCUT2D eigenvalue weighted by Crippen LogP contribution is 2.37. The lowest BCUT2D eigenvalue weighted by molar-refractivity contribution is -0.141. The van der Waals surface area contributed by atoms with E-state index in [0.29, 0.717) is 39.8 Å². The first-order chi connectivity index (χ1) is 25.0. The van der Waals surface area contributed by atoms with Gasteiger partial charge in [-0.1, -0.05) is 41.9 Å². The van der Waals surface area contributed by atoms with Crippen LogP contribution < -0.4 is 19.9 Å². The molecule has 0 radical (unpaired) electrons. The number of carboxylic acid groups (broad SMARTS) is 1. The molecule has 11 nitrogen and oxygen atoms in total. The Bertz CT molecular complexity index is 1900. The molecule has 1 saturated heterocycles. The van der Waals surface area contributed by atoms with E-state index in [4.69, 9.17) is 31.5 Å². The summed E-state index contributed by atoms with van der Waals surface area (Å²) in [5.41, 5.74) is 12.5. The minimum atomic E-state index is -1.43. The maximum atomic E-state index is 11.3. The number of nitrogens with zero attached hydrogens (tertiary/aromatic N) is 3. The van der Waals surface area contributed by atoms with Crippen LogP contribution in [-0.2, 0) is 24.4 Å². The van der Waals surface area contributed by atoms with Crippen LogP contribution in [-0.4, -0.2) is 75.7 Å². The van der Waals surface area contributed by atoms with Gasteiger partial charge in [-0.3, -0.25) is 9.78 Å². The van der Waals surface area contributed by atoms with Crippen LogP contribution in [0, 0.1) is 25.2 Å². The van der Waals surface area contributed by atoms with Crippen LogP contribution in [0.15, 0.2) is 67.0 Å². The van der Waals surface area contributed by atoms with E-state index < -0.39 is 18.1 Å². The molecular weight excluding hydrogens is 684 g/mol. The van der Waals surface area contributed by atoms with Crippen molar-refractivity contribution in [3.8, 4) is 34.4 Å². The van der Waals surface area contributed by atoms with E-state index >= 15 is 0 Å². The highest BCUT2D eigenvalue weighted by Gasteiger charge is 2.23. The van der Waals surface area contributed by atoms with Crippen LogP contribution >= 0.6 is 11.6 Å². The smallest absolute Gasteiger partial charge is 0.323 e. The van der Waals surface area contributed by atoms with Crippen LogP contribution in [0.5, 0.6) is 17.2 Å². The third kappa shape index (κ3) is 10.00. The average molecular weight is 729 g/mol. The monoisotopic (exact) mass is 728 g/mol. The van der Waals surface area contributed by atoms with Crippen LogP contribution in [0.1, 0.15) is 52.6 Å². The van der Waals surface area contributed by atoms with Gasteiger partial charge in [0.15, 0.2) is 0 Å². The molecule has 1 fully saturated rings. The zero-order valence-corrected chi connectivity index (χ0v) is 30.2. The number of nitrogens with two attached hydrogens (primary N) is 1. The molecule has 12 heteroatoms. The molecule has 3 aromatic carbocycles. The Kier molecular flexibility index (Phi) is 13.5. The van der Waals surface area contributed by atoms with Crippen molar-refractivity contribution >= 4 is 17.6 Å². The van der Waals surface area contributed by atoms with Crippen LogP contribution in [0.3, 0.4) is 0 Å². The van der Waals surface area contributed by atoms with Crippen molar-refractivity contribution in [2.45, 2.75) is 71.0 Å². The lowest BCUT2D eigenvalue weighted by Crippen LogP contribution is -2.41. The molecule has 1 unspecified atom stereocenters. The van der Waals surface area contributed by atoms with Gasteiger partial charge in [0, 0.05) is 43.7 Å². The first-order valence-electron chi connectivity index (χ1n) is 17.3. The largest absolute Gasteiger partial charge is 0.493 e. The number of benzene rings is 3. The maximum absolute atomic E-state index is 11.3. The summed E-state index contributed by atoms with van der Waals surface area (Å²) in [6.07, 6.45) is 3.57. The van der Waals surface area contributed by atoms with Crippen molar-refractivity contribution in [1.82, 2.24) is 9.88 Å². The molecule has 1 aliphatic heterocycles. The van der Waals surface area contributed by atoms with Crippen molar-refractivity contribution < 1.29 is 34.3 Å². The van der Waals surface area contributed by atoms with Crippen LogP contribution in [0.2, 0.25) is 5.02 Å². The van der Waals surface area contributed by atoms with Gasteiger partial charge < -0.3 is 40.2 Å². The molecule has 1 aromatic heterocycles. The average Bonchev–Trinajstić information content (AvgIpc) is 3.56. The zero-order valence-electron chi connectivity index (χ0n) is 29.4. The van der Waals surface area contributed by atoms with Gasteiger partial charge in [-0.05, 0) is 91.1 Å². The Morgan fingerprint density at radius 2 is 1.77 bits per heavy atom.